The van der Waals surface area contributed by atoms with Crippen molar-refractivity contribution in [3.05, 3.63) is 69.8 Å². The fourth-order valence-corrected chi connectivity index (χ4v) is 2.46. The maximum absolute atomic E-state index is 12.4. The Labute approximate surface area is 127 Å². The average molecular weight is 281 g/mol. The van der Waals surface area contributed by atoms with Gasteiger partial charge in [0.05, 0.1) is 6.04 Å². The zero-order chi connectivity index (χ0) is 15.6. The van der Waals surface area contributed by atoms with Gasteiger partial charge in [0.1, 0.15) is 0 Å². The second-order valence-corrected chi connectivity index (χ2v) is 5.86. The van der Waals surface area contributed by atoms with Crippen LogP contribution in [0.25, 0.3) is 0 Å². The molecule has 1 amide bonds. The topological polar surface area (TPSA) is 29.1 Å². The summed E-state index contributed by atoms with van der Waals surface area (Å²) in [5.41, 5.74) is 6.59. The predicted octanol–water partition coefficient (Wildman–Crippen LogP) is 4.41. The molecule has 21 heavy (non-hydrogen) atoms. The van der Waals surface area contributed by atoms with Crippen molar-refractivity contribution in [2.24, 2.45) is 0 Å². The molecule has 0 aromatic heterocycles. The lowest BCUT2D eigenvalue weighted by Crippen LogP contribution is -2.27. The van der Waals surface area contributed by atoms with Crippen LogP contribution in [0.2, 0.25) is 0 Å². The van der Waals surface area contributed by atoms with Gasteiger partial charge in [-0.15, -0.1) is 0 Å². The Morgan fingerprint density at radius 3 is 2.24 bits per heavy atom. The molecule has 0 unspecified atom stereocenters. The summed E-state index contributed by atoms with van der Waals surface area (Å²) in [7, 11) is 0. The van der Waals surface area contributed by atoms with Crippen molar-refractivity contribution in [1.29, 1.82) is 0 Å². The highest BCUT2D eigenvalue weighted by molar-refractivity contribution is 5.95. The van der Waals surface area contributed by atoms with E-state index in [1.54, 1.807) is 0 Å². The molecule has 0 aliphatic heterocycles. The molecule has 1 N–H and O–H groups in total. The Bertz CT molecular complexity index is 673. The van der Waals surface area contributed by atoms with Gasteiger partial charge in [-0.1, -0.05) is 35.9 Å². The van der Waals surface area contributed by atoms with E-state index in [0.29, 0.717) is 0 Å². The van der Waals surface area contributed by atoms with Crippen LogP contribution in [0.4, 0.5) is 0 Å². The maximum atomic E-state index is 12.4. The third-order valence-electron chi connectivity index (χ3n) is 4.01. The number of aryl methyl sites for hydroxylation is 4. The third kappa shape index (κ3) is 3.52. The fraction of sp³-hybridized carbons (Fsp3) is 0.316. The fourth-order valence-electron chi connectivity index (χ4n) is 2.46. The van der Waals surface area contributed by atoms with Gasteiger partial charge in [0.15, 0.2) is 0 Å². The SMILES string of the molecule is Cc1ccc(C(=O)N[C@H](C)c2ccc(C)c(C)c2)c(C)c1. The molecule has 2 rings (SSSR count). The van der Waals surface area contributed by atoms with Crippen molar-refractivity contribution in [2.45, 2.75) is 40.7 Å². The lowest BCUT2D eigenvalue weighted by Gasteiger charge is -2.16. The highest BCUT2D eigenvalue weighted by Gasteiger charge is 2.13. The van der Waals surface area contributed by atoms with Crippen molar-refractivity contribution in [3.8, 4) is 0 Å². The molecule has 0 fully saturated rings. The summed E-state index contributed by atoms with van der Waals surface area (Å²) in [5, 5.41) is 3.08. The highest BCUT2D eigenvalue weighted by atomic mass is 16.1. The molecule has 0 heterocycles. The summed E-state index contributed by atoms with van der Waals surface area (Å²) < 4.78 is 0. The van der Waals surface area contributed by atoms with Crippen molar-refractivity contribution in [3.63, 3.8) is 0 Å². The van der Waals surface area contributed by atoms with Gasteiger partial charge >= 0.3 is 0 Å². The lowest BCUT2D eigenvalue weighted by atomic mass is 10.0. The Morgan fingerprint density at radius 1 is 0.905 bits per heavy atom. The number of benzene rings is 2. The molecule has 1 atom stereocenters. The normalized spacial score (nSPS) is 12.0. The van der Waals surface area contributed by atoms with Gasteiger partial charge < -0.3 is 5.32 Å². The van der Waals surface area contributed by atoms with Crippen LogP contribution < -0.4 is 5.32 Å². The number of amides is 1. The van der Waals surface area contributed by atoms with E-state index in [4.69, 9.17) is 0 Å². The molecule has 0 saturated heterocycles. The van der Waals surface area contributed by atoms with Crippen molar-refractivity contribution in [1.82, 2.24) is 5.32 Å². The molecule has 2 heteroatoms. The Morgan fingerprint density at radius 2 is 1.62 bits per heavy atom. The van der Waals surface area contributed by atoms with Gasteiger partial charge in [-0.05, 0) is 62.9 Å². The van der Waals surface area contributed by atoms with Gasteiger partial charge in [0, 0.05) is 5.56 Å². The number of carbonyl (C=O) groups excluding carboxylic acids is 1. The molecule has 0 spiro atoms. The van der Waals surface area contributed by atoms with Crippen molar-refractivity contribution >= 4 is 5.91 Å². The van der Waals surface area contributed by atoms with Crippen LogP contribution in [0.15, 0.2) is 36.4 Å². The molecule has 2 aromatic rings. The second-order valence-electron chi connectivity index (χ2n) is 5.86. The zero-order valence-corrected chi connectivity index (χ0v) is 13.4. The van der Waals surface area contributed by atoms with E-state index in [1.165, 1.54) is 16.7 Å². The lowest BCUT2D eigenvalue weighted by molar-refractivity contribution is 0.0939. The summed E-state index contributed by atoms with van der Waals surface area (Å²) in [5.74, 6) is -0.0155. The Kier molecular flexibility index (Phi) is 4.46. The first kappa shape index (κ1) is 15.3. The molecule has 0 saturated carbocycles. The average Bonchev–Trinajstić information content (AvgIpc) is 2.41. The number of hydrogen-bond acceptors (Lipinski definition) is 1. The van der Waals surface area contributed by atoms with E-state index in [9.17, 15) is 4.79 Å². The smallest absolute Gasteiger partial charge is 0.252 e. The summed E-state index contributed by atoms with van der Waals surface area (Å²) in [4.78, 5) is 12.4. The van der Waals surface area contributed by atoms with Crippen LogP contribution in [0, 0.1) is 27.7 Å². The van der Waals surface area contributed by atoms with Crippen LogP contribution in [-0.2, 0) is 0 Å². The van der Waals surface area contributed by atoms with Crippen LogP contribution in [0.1, 0.15) is 51.1 Å². The standard InChI is InChI=1S/C19H23NO/c1-12-6-9-18(15(4)10-12)19(21)20-16(5)17-8-7-13(2)14(3)11-17/h6-11,16H,1-5H3,(H,20,21)/t16-/m1/s1. The van der Waals surface area contributed by atoms with E-state index < -0.39 is 0 Å². The van der Waals surface area contributed by atoms with E-state index in [-0.39, 0.29) is 11.9 Å². The molecule has 0 aliphatic rings. The minimum atomic E-state index is -0.0155. The van der Waals surface area contributed by atoms with Gasteiger partial charge in [0.25, 0.3) is 5.91 Å². The van der Waals surface area contributed by atoms with Gasteiger partial charge in [-0.25, -0.2) is 0 Å². The van der Waals surface area contributed by atoms with Crippen molar-refractivity contribution in [2.75, 3.05) is 0 Å². The van der Waals surface area contributed by atoms with Crippen LogP contribution in [0.3, 0.4) is 0 Å². The zero-order valence-electron chi connectivity index (χ0n) is 13.4. The monoisotopic (exact) mass is 281 g/mol. The minimum Gasteiger partial charge on any atom is -0.346 e. The first-order valence-electron chi connectivity index (χ1n) is 7.33. The molecular weight excluding hydrogens is 258 g/mol. The first-order chi connectivity index (χ1) is 9.88. The van der Waals surface area contributed by atoms with E-state index in [1.807, 2.05) is 39.0 Å². The number of nitrogens with one attached hydrogen (secondary N) is 1. The summed E-state index contributed by atoms with van der Waals surface area (Å²) in [6, 6.07) is 12.2. The number of hydrogen-bond donors (Lipinski definition) is 1. The quantitative estimate of drug-likeness (QED) is 0.887. The molecule has 2 nitrogen and oxygen atoms in total. The molecule has 0 radical (unpaired) electrons. The molecule has 2 aromatic carbocycles. The highest BCUT2D eigenvalue weighted by Crippen LogP contribution is 2.18. The van der Waals surface area contributed by atoms with Gasteiger partial charge in [-0.2, -0.15) is 0 Å². The molecule has 0 bridgehead atoms. The Hall–Kier alpha value is -2.09. The first-order valence-corrected chi connectivity index (χ1v) is 7.33. The molecular formula is C19H23NO. The van der Waals surface area contributed by atoms with E-state index >= 15 is 0 Å². The largest absolute Gasteiger partial charge is 0.346 e. The number of carbonyl (C=O) groups is 1. The second kappa shape index (κ2) is 6.13. The van der Waals surface area contributed by atoms with E-state index in [0.717, 1.165) is 16.7 Å². The summed E-state index contributed by atoms with van der Waals surface area (Å²) in [6.07, 6.45) is 0. The summed E-state index contributed by atoms with van der Waals surface area (Å²) >= 11 is 0. The number of rotatable bonds is 3. The van der Waals surface area contributed by atoms with Crippen molar-refractivity contribution < 1.29 is 4.79 Å². The van der Waals surface area contributed by atoms with Crippen LogP contribution >= 0.6 is 0 Å². The van der Waals surface area contributed by atoms with Crippen LogP contribution in [-0.4, -0.2) is 5.91 Å². The minimum absolute atomic E-state index is 0.00231. The van der Waals surface area contributed by atoms with Gasteiger partial charge in [0.2, 0.25) is 0 Å². The van der Waals surface area contributed by atoms with E-state index in [2.05, 4.69) is 37.4 Å². The van der Waals surface area contributed by atoms with Gasteiger partial charge in [-0.3, -0.25) is 4.79 Å². The summed E-state index contributed by atoms with van der Waals surface area (Å²) in [6.45, 7) is 10.2. The molecule has 110 valence electrons. The Balaban J connectivity index is 2.16. The molecule has 0 aliphatic carbocycles. The predicted molar refractivity (Wildman–Crippen MR) is 87.7 cm³/mol. The maximum Gasteiger partial charge on any atom is 0.252 e. The van der Waals surface area contributed by atoms with Crippen LogP contribution in [0.5, 0.6) is 0 Å². The third-order valence-corrected chi connectivity index (χ3v) is 4.01.